The largest absolute Gasteiger partial charge is 0.481 e. The van der Waals surface area contributed by atoms with Gasteiger partial charge in [-0.2, -0.15) is 0 Å². The fraction of sp³-hybridized carbons (Fsp3) is 0.769. The number of carboxylic acid groups (broad SMARTS) is 1. The average Bonchev–Trinajstić information content (AvgIpc) is 2.10. The average molecular weight is 258 g/mol. The minimum Gasteiger partial charge on any atom is -0.481 e. The standard InChI is InChI=1S/C13H26O3Si/c1-12(2,3)17(6,7)16-10-8-9-13(4,5)11(14)15/h8-9H,10H2,1-7H3,(H,14,15)/b9-8+. The minimum atomic E-state index is -1.73. The summed E-state index contributed by atoms with van der Waals surface area (Å²) in [6, 6.07) is 0. The fourth-order valence-electron chi connectivity index (χ4n) is 0.887. The number of aliphatic carboxylic acids is 1. The van der Waals surface area contributed by atoms with Crippen molar-refractivity contribution < 1.29 is 14.3 Å². The maximum atomic E-state index is 10.9. The van der Waals surface area contributed by atoms with E-state index >= 15 is 0 Å². The van der Waals surface area contributed by atoms with Crippen LogP contribution in [0.5, 0.6) is 0 Å². The zero-order chi connectivity index (χ0) is 13.9. The summed E-state index contributed by atoms with van der Waals surface area (Å²) in [6.07, 6.45) is 3.51. The Bertz CT molecular complexity index is 298. The molecule has 0 aliphatic rings. The summed E-state index contributed by atoms with van der Waals surface area (Å²) in [4.78, 5) is 10.9. The van der Waals surface area contributed by atoms with Gasteiger partial charge in [-0.15, -0.1) is 0 Å². The highest BCUT2D eigenvalue weighted by molar-refractivity contribution is 6.74. The van der Waals surface area contributed by atoms with Gasteiger partial charge in [0.25, 0.3) is 0 Å². The lowest BCUT2D eigenvalue weighted by atomic mass is 9.93. The van der Waals surface area contributed by atoms with Crippen LogP contribution in [0, 0.1) is 5.41 Å². The van der Waals surface area contributed by atoms with Crippen LogP contribution in [0.15, 0.2) is 12.2 Å². The van der Waals surface area contributed by atoms with Gasteiger partial charge in [-0.1, -0.05) is 32.9 Å². The van der Waals surface area contributed by atoms with Crippen molar-refractivity contribution in [1.82, 2.24) is 0 Å². The topological polar surface area (TPSA) is 46.5 Å². The number of carbonyl (C=O) groups is 1. The lowest BCUT2D eigenvalue weighted by Crippen LogP contribution is -2.40. The van der Waals surface area contributed by atoms with Gasteiger partial charge in [0.15, 0.2) is 8.32 Å². The fourth-order valence-corrected chi connectivity index (χ4v) is 1.83. The van der Waals surface area contributed by atoms with Crippen LogP contribution < -0.4 is 0 Å². The van der Waals surface area contributed by atoms with Gasteiger partial charge in [0.1, 0.15) is 0 Å². The first kappa shape index (κ1) is 16.4. The SMILES string of the molecule is CC(C)(/C=C/CO[Si](C)(C)C(C)(C)C)C(=O)O. The predicted octanol–water partition coefficient (Wildman–Crippen LogP) is 3.68. The molecule has 0 radical (unpaired) electrons. The molecule has 100 valence electrons. The van der Waals surface area contributed by atoms with E-state index in [1.807, 2.05) is 6.08 Å². The van der Waals surface area contributed by atoms with Gasteiger partial charge >= 0.3 is 5.97 Å². The number of hydrogen-bond donors (Lipinski definition) is 1. The quantitative estimate of drug-likeness (QED) is 0.604. The van der Waals surface area contributed by atoms with E-state index in [0.717, 1.165) is 0 Å². The second-order valence-corrected chi connectivity index (χ2v) is 11.3. The molecule has 0 amide bonds. The molecule has 17 heavy (non-hydrogen) atoms. The Labute approximate surface area is 106 Å². The molecule has 0 aromatic rings. The summed E-state index contributed by atoms with van der Waals surface area (Å²) in [7, 11) is -1.73. The predicted molar refractivity (Wildman–Crippen MR) is 73.7 cm³/mol. The molecule has 0 aromatic heterocycles. The maximum absolute atomic E-state index is 10.9. The molecule has 0 heterocycles. The van der Waals surface area contributed by atoms with E-state index in [1.165, 1.54) is 0 Å². The van der Waals surface area contributed by atoms with E-state index < -0.39 is 19.7 Å². The van der Waals surface area contributed by atoms with Crippen molar-refractivity contribution in [2.45, 2.75) is 52.8 Å². The number of carboxylic acids is 1. The maximum Gasteiger partial charge on any atom is 0.312 e. The minimum absolute atomic E-state index is 0.184. The third-order valence-corrected chi connectivity index (χ3v) is 7.93. The monoisotopic (exact) mass is 258 g/mol. The van der Waals surface area contributed by atoms with Gasteiger partial charge in [0.2, 0.25) is 0 Å². The highest BCUT2D eigenvalue weighted by atomic mass is 28.4. The van der Waals surface area contributed by atoms with Crippen LogP contribution >= 0.6 is 0 Å². The Morgan fingerprint density at radius 1 is 1.24 bits per heavy atom. The second kappa shape index (κ2) is 5.36. The van der Waals surface area contributed by atoms with Crippen molar-refractivity contribution >= 4 is 14.3 Å². The smallest absolute Gasteiger partial charge is 0.312 e. The highest BCUT2D eigenvalue weighted by Gasteiger charge is 2.36. The van der Waals surface area contributed by atoms with E-state index in [-0.39, 0.29) is 5.04 Å². The highest BCUT2D eigenvalue weighted by Crippen LogP contribution is 2.36. The molecule has 0 aromatic carbocycles. The molecule has 3 nitrogen and oxygen atoms in total. The number of hydrogen-bond acceptors (Lipinski definition) is 2. The second-order valence-electron chi connectivity index (χ2n) is 6.50. The Morgan fingerprint density at radius 3 is 2.06 bits per heavy atom. The van der Waals surface area contributed by atoms with E-state index in [0.29, 0.717) is 6.61 Å². The summed E-state index contributed by atoms with van der Waals surface area (Å²) in [5, 5.41) is 9.13. The Morgan fingerprint density at radius 2 is 1.71 bits per heavy atom. The van der Waals surface area contributed by atoms with Gasteiger partial charge in [0, 0.05) is 0 Å². The van der Waals surface area contributed by atoms with Crippen LogP contribution in [0.4, 0.5) is 0 Å². The molecular weight excluding hydrogens is 232 g/mol. The molecule has 0 saturated carbocycles. The molecule has 0 unspecified atom stereocenters. The summed E-state index contributed by atoms with van der Waals surface area (Å²) in [5.74, 6) is -0.818. The van der Waals surface area contributed by atoms with Crippen molar-refractivity contribution in [2.24, 2.45) is 5.41 Å². The molecule has 0 aliphatic carbocycles. The van der Waals surface area contributed by atoms with Crippen molar-refractivity contribution in [3.63, 3.8) is 0 Å². The van der Waals surface area contributed by atoms with Crippen LogP contribution in [-0.2, 0) is 9.22 Å². The number of rotatable bonds is 5. The van der Waals surface area contributed by atoms with E-state index in [9.17, 15) is 4.79 Å². The Kier molecular flexibility index (Phi) is 5.16. The molecule has 0 saturated heterocycles. The van der Waals surface area contributed by atoms with E-state index in [1.54, 1.807) is 19.9 Å². The molecule has 0 atom stereocenters. The van der Waals surface area contributed by atoms with Gasteiger partial charge in [-0.05, 0) is 32.0 Å². The van der Waals surface area contributed by atoms with Crippen LogP contribution in [0.1, 0.15) is 34.6 Å². The van der Waals surface area contributed by atoms with Gasteiger partial charge in [-0.25, -0.2) is 0 Å². The molecule has 0 spiro atoms. The molecule has 0 rings (SSSR count). The van der Waals surface area contributed by atoms with Gasteiger partial charge in [0.05, 0.1) is 12.0 Å². The van der Waals surface area contributed by atoms with Crippen LogP contribution in [0.25, 0.3) is 0 Å². The van der Waals surface area contributed by atoms with Crippen LogP contribution in [0.2, 0.25) is 18.1 Å². The van der Waals surface area contributed by atoms with Gasteiger partial charge in [-0.3, -0.25) is 4.79 Å². The van der Waals surface area contributed by atoms with Crippen LogP contribution in [-0.4, -0.2) is 26.0 Å². The lowest BCUT2D eigenvalue weighted by molar-refractivity contribution is -0.144. The van der Waals surface area contributed by atoms with Crippen molar-refractivity contribution in [3.05, 3.63) is 12.2 Å². The first-order valence-corrected chi connectivity index (χ1v) is 8.86. The Hall–Kier alpha value is -0.613. The molecule has 0 fully saturated rings. The zero-order valence-corrected chi connectivity index (χ0v) is 13.1. The lowest BCUT2D eigenvalue weighted by Gasteiger charge is -2.35. The molecule has 0 bridgehead atoms. The van der Waals surface area contributed by atoms with Crippen molar-refractivity contribution in [2.75, 3.05) is 6.61 Å². The molecule has 1 N–H and O–H groups in total. The van der Waals surface area contributed by atoms with E-state index in [4.69, 9.17) is 9.53 Å². The summed E-state index contributed by atoms with van der Waals surface area (Å²) >= 11 is 0. The summed E-state index contributed by atoms with van der Waals surface area (Å²) in [5.41, 5.74) is -0.823. The first-order chi connectivity index (χ1) is 7.40. The summed E-state index contributed by atoms with van der Waals surface area (Å²) in [6.45, 7) is 14.8. The normalized spacial score (nSPS) is 14.3. The molecular formula is C13H26O3Si. The van der Waals surface area contributed by atoms with Crippen LogP contribution in [0.3, 0.4) is 0 Å². The Balaban J connectivity index is 4.35. The van der Waals surface area contributed by atoms with E-state index in [2.05, 4.69) is 33.9 Å². The molecule has 0 aliphatic heterocycles. The first-order valence-electron chi connectivity index (χ1n) is 5.95. The van der Waals surface area contributed by atoms with Gasteiger partial charge < -0.3 is 9.53 Å². The molecule has 4 heteroatoms. The third-order valence-electron chi connectivity index (χ3n) is 3.43. The van der Waals surface area contributed by atoms with Crippen molar-refractivity contribution in [1.29, 1.82) is 0 Å². The zero-order valence-electron chi connectivity index (χ0n) is 12.1. The summed E-state index contributed by atoms with van der Waals surface area (Å²) < 4.78 is 5.93. The van der Waals surface area contributed by atoms with Crippen molar-refractivity contribution in [3.8, 4) is 0 Å². The third kappa shape index (κ3) is 5.04.